The number of nitro benzene ring substituents is 1. The van der Waals surface area contributed by atoms with Gasteiger partial charge in [-0.1, -0.05) is 40.2 Å². The van der Waals surface area contributed by atoms with E-state index in [1.807, 2.05) is 0 Å². The SMILES string of the molecule is O=C(NN=Cc1cc(Br)cc(Br)c1OC(=O)c1ccccc1)c1cccc(NC(=O)c2ccc([N+](=O)[O-])cc2)c1. The molecule has 0 radical (unpaired) electrons. The van der Waals surface area contributed by atoms with Crippen molar-refractivity contribution < 1.29 is 24.0 Å². The summed E-state index contributed by atoms with van der Waals surface area (Å²) in [4.78, 5) is 48.1. The Kier molecular flexibility index (Phi) is 9.15. The van der Waals surface area contributed by atoms with Crippen LogP contribution in [0.15, 0.2) is 105 Å². The van der Waals surface area contributed by atoms with Gasteiger partial charge in [-0.05, 0) is 70.5 Å². The first kappa shape index (κ1) is 28.3. The molecule has 0 saturated carbocycles. The van der Waals surface area contributed by atoms with E-state index in [2.05, 4.69) is 47.7 Å². The number of ether oxygens (including phenoxy) is 1. The molecule has 0 aliphatic heterocycles. The lowest BCUT2D eigenvalue weighted by Gasteiger charge is -2.10. The minimum Gasteiger partial charge on any atom is -0.421 e. The van der Waals surface area contributed by atoms with Gasteiger partial charge in [0.05, 0.1) is 21.2 Å². The molecule has 0 aliphatic rings. The number of carbonyl (C=O) groups excluding carboxylic acids is 3. The zero-order valence-electron chi connectivity index (χ0n) is 20.3. The number of carbonyl (C=O) groups is 3. The van der Waals surface area contributed by atoms with Gasteiger partial charge >= 0.3 is 5.97 Å². The number of benzene rings is 4. The molecule has 0 spiro atoms. The summed E-state index contributed by atoms with van der Waals surface area (Å²) in [5.41, 5.74) is 3.83. The van der Waals surface area contributed by atoms with Crippen LogP contribution in [0.5, 0.6) is 5.75 Å². The van der Waals surface area contributed by atoms with E-state index in [0.29, 0.717) is 25.8 Å². The van der Waals surface area contributed by atoms with Crippen LogP contribution in [-0.2, 0) is 0 Å². The normalized spacial score (nSPS) is 10.7. The van der Waals surface area contributed by atoms with Gasteiger partial charge in [0.25, 0.3) is 17.5 Å². The molecule has 0 atom stereocenters. The molecule has 0 unspecified atom stereocenters. The summed E-state index contributed by atoms with van der Waals surface area (Å²) in [5.74, 6) is -1.40. The van der Waals surface area contributed by atoms with Crippen molar-refractivity contribution in [3.8, 4) is 5.75 Å². The minimum atomic E-state index is -0.560. The van der Waals surface area contributed by atoms with Crippen molar-refractivity contribution in [1.29, 1.82) is 0 Å². The smallest absolute Gasteiger partial charge is 0.343 e. The molecule has 4 aromatic rings. The standard InChI is InChI=1S/C28H18Br2N4O6/c29-21-13-20(25(24(30)15-21)40-28(37)18-5-2-1-3-6-18)16-31-33-27(36)19-7-4-8-22(14-19)32-26(35)17-9-11-23(12-10-17)34(38)39/h1-16H,(H,32,35)(H,33,36). The largest absolute Gasteiger partial charge is 0.421 e. The second-order valence-electron chi connectivity index (χ2n) is 8.10. The van der Waals surface area contributed by atoms with Crippen molar-refractivity contribution >= 4 is 67.2 Å². The van der Waals surface area contributed by atoms with E-state index in [1.54, 1.807) is 54.6 Å². The van der Waals surface area contributed by atoms with Gasteiger partial charge in [0.15, 0.2) is 5.75 Å². The first-order valence-corrected chi connectivity index (χ1v) is 13.1. The second kappa shape index (κ2) is 12.9. The first-order valence-electron chi connectivity index (χ1n) is 11.5. The Labute approximate surface area is 244 Å². The summed E-state index contributed by atoms with van der Waals surface area (Å²) in [6.07, 6.45) is 1.33. The summed E-state index contributed by atoms with van der Waals surface area (Å²) in [7, 11) is 0. The molecule has 2 amide bonds. The number of esters is 1. The number of rotatable bonds is 8. The third-order valence-electron chi connectivity index (χ3n) is 5.33. The van der Waals surface area contributed by atoms with Crippen molar-refractivity contribution in [1.82, 2.24) is 5.43 Å². The van der Waals surface area contributed by atoms with E-state index < -0.39 is 22.7 Å². The van der Waals surface area contributed by atoms with Gasteiger partial charge in [-0.25, -0.2) is 10.2 Å². The van der Waals surface area contributed by atoms with Gasteiger partial charge in [0.2, 0.25) is 0 Å². The molecular formula is C28H18Br2N4O6. The van der Waals surface area contributed by atoms with Gasteiger partial charge in [0.1, 0.15) is 0 Å². The van der Waals surface area contributed by atoms with Gasteiger partial charge in [-0.3, -0.25) is 19.7 Å². The van der Waals surface area contributed by atoms with Crippen LogP contribution < -0.4 is 15.5 Å². The molecule has 0 saturated heterocycles. The van der Waals surface area contributed by atoms with Crippen LogP contribution in [0, 0.1) is 10.1 Å². The monoisotopic (exact) mass is 664 g/mol. The summed E-state index contributed by atoms with van der Waals surface area (Å²) in [6, 6.07) is 23.2. The van der Waals surface area contributed by atoms with Crippen molar-refractivity contribution in [3.05, 3.63) is 132 Å². The van der Waals surface area contributed by atoms with Crippen LogP contribution in [0.3, 0.4) is 0 Å². The fourth-order valence-corrected chi connectivity index (χ4v) is 4.75. The van der Waals surface area contributed by atoms with Crippen LogP contribution in [0.2, 0.25) is 0 Å². The van der Waals surface area contributed by atoms with Crippen molar-refractivity contribution in [2.75, 3.05) is 5.32 Å². The Morgan fingerprint density at radius 3 is 2.23 bits per heavy atom. The van der Waals surface area contributed by atoms with Gasteiger partial charge in [-0.15, -0.1) is 0 Å². The molecule has 0 bridgehead atoms. The molecule has 0 aromatic heterocycles. The van der Waals surface area contributed by atoms with E-state index in [0.717, 1.165) is 0 Å². The number of hydrogen-bond acceptors (Lipinski definition) is 7. The number of non-ortho nitro benzene ring substituents is 1. The highest BCUT2D eigenvalue weighted by atomic mass is 79.9. The lowest BCUT2D eigenvalue weighted by atomic mass is 10.1. The number of hydrazone groups is 1. The maximum Gasteiger partial charge on any atom is 0.343 e. The summed E-state index contributed by atoms with van der Waals surface area (Å²) < 4.78 is 6.76. The lowest BCUT2D eigenvalue weighted by Crippen LogP contribution is -2.18. The average Bonchev–Trinajstić information content (AvgIpc) is 2.95. The number of hydrogen-bond donors (Lipinski definition) is 2. The fourth-order valence-electron chi connectivity index (χ4n) is 3.41. The molecule has 12 heteroatoms. The third kappa shape index (κ3) is 7.24. The van der Waals surface area contributed by atoms with Crippen LogP contribution in [-0.4, -0.2) is 28.9 Å². The van der Waals surface area contributed by atoms with Gasteiger partial charge in [-0.2, -0.15) is 5.10 Å². The van der Waals surface area contributed by atoms with E-state index in [9.17, 15) is 24.5 Å². The topological polar surface area (TPSA) is 140 Å². The maximum absolute atomic E-state index is 12.7. The van der Waals surface area contributed by atoms with Crippen LogP contribution >= 0.6 is 31.9 Å². The first-order chi connectivity index (χ1) is 19.2. The van der Waals surface area contributed by atoms with Crippen molar-refractivity contribution in [3.63, 3.8) is 0 Å². The zero-order chi connectivity index (χ0) is 28.6. The second-order valence-corrected chi connectivity index (χ2v) is 9.87. The molecule has 200 valence electrons. The Bertz CT molecular complexity index is 1630. The lowest BCUT2D eigenvalue weighted by molar-refractivity contribution is -0.384. The predicted molar refractivity (Wildman–Crippen MR) is 156 cm³/mol. The third-order valence-corrected chi connectivity index (χ3v) is 6.38. The van der Waals surface area contributed by atoms with Gasteiger partial charge in [0, 0.05) is 39.0 Å². The van der Waals surface area contributed by atoms with E-state index in [4.69, 9.17) is 4.74 Å². The molecule has 2 N–H and O–H groups in total. The highest BCUT2D eigenvalue weighted by Gasteiger charge is 2.16. The van der Waals surface area contributed by atoms with E-state index >= 15 is 0 Å². The number of amides is 2. The molecule has 4 rings (SSSR count). The average molecular weight is 666 g/mol. The summed E-state index contributed by atoms with van der Waals surface area (Å²) in [6.45, 7) is 0. The minimum absolute atomic E-state index is 0.132. The predicted octanol–water partition coefficient (Wildman–Crippen LogP) is 6.36. The van der Waals surface area contributed by atoms with Crippen LogP contribution in [0.1, 0.15) is 36.6 Å². The Morgan fingerprint density at radius 1 is 0.825 bits per heavy atom. The molecule has 40 heavy (non-hydrogen) atoms. The van der Waals surface area contributed by atoms with E-state index in [1.165, 1.54) is 42.6 Å². The molecule has 0 aliphatic carbocycles. The van der Waals surface area contributed by atoms with Crippen molar-refractivity contribution in [2.45, 2.75) is 0 Å². The van der Waals surface area contributed by atoms with Gasteiger partial charge < -0.3 is 10.1 Å². The highest BCUT2D eigenvalue weighted by molar-refractivity contribution is 9.11. The number of nitrogens with one attached hydrogen (secondary N) is 2. The fraction of sp³-hybridized carbons (Fsp3) is 0. The molecule has 10 nitrogen and oxygen atoms in total. The Balaban J connectivity index is 1.44. The molecule has 0 fully saturated rings. The highest BCUT2D eigenvalue weighted by Crippen LogP contribution is 2.32. The Hall–Kier alpha value is -4.68. The maximum atomic E-state index is 12.7. The number of nitro groups is 1. The molecular weight excluding hydrogens is 648 g/mol. The number of nitrogens with zero attached hydrogens (tertiary/aromatic N) is 2. The summed E-state index contributed by atoms with van der Waals surface area (Å²) >= 11 is 6.78. The molecule has 0 heterocycles. The number of halogens is 2. The quantitative estimate of drug-likeness (QED) is 0.0739. The van der Waals surface area contributed by atoms with Crippen LogP contribution in [0.4, 0.5) is 11.4 Å². The number of anilines is 1. The van der Waals surface area contributed by atoms with E-state index in [-0.39, 0.29) is 22.6 Å². The Morgan fingerprint density at radius 2 is 1.52 bits per heavy atom. The zero-order valence-corrected chi connectivity index (χ0v) is 23.5. The van der Waals surface area contributed by atoms with Crippen LogP contribution in [0.25, 0.3) is 0 Å². The summed E-state index contributed by atoms with van der Waals surface area (Å²) in [5, 5.41) is 17.5. The molecule has 4 aromatic carbocycles. The van der Waals surface area contributed by atoms with Crippen molar-refractivity contribution in [2.24, 2.45) is 5.10 Å².